The molecule has 0 radical (unpaired) electrons. The highest BCUT2D eigenvalue weighted by Gasteiger charge is 2.46. The summed E-state index contributed by atoms with van der Waals surface area (Å²) in [5.41, 5.74) is -0.927. The van der Waals surface area contributed by atoms with Gasteiger partial charge in [-0.25, -0.2) is 0 Å². The first kappa shape index (κ1) is 15.9. The summed E-state index contributed by atoms with van der Waals surface area (Å²) in [6.07, 6.45) is 2.15. The molecule has 1 saturated heterocycles. The number of nitrogens with one attached hydrogen (secondary N) is 1. The fourth-order valence-electron chi connectivity index (χ4n) is 2.55. The summed E-state index contributed by atoms with van der Waals surface area (Å²) in [4.78, 5) is 25.2. The molecule has 0 spiro atoms. The molecule has 1 amide bonds. The quantitative estimate of drug-likeness (QED) is 0.659. The molecule has 2 unspecified atom stereocenters. The van der Waals surface area contributed by atoms with E-state index in [1.54, 1.807) is 25.9 Å². The Hall–Kier alpha value is -1.14. The molecule has 2 atom stereocenters. The number of carbonyl (C=O) groups is 2. The predicted molar refractivity (Wildman–Crippen MR) is 70.9 cm³/mol. The molecule has 0 aromatic carbocycles. The number of nitrogens with zero attached hydrogens (tertiary/aromatic N) is 1. The van der Waals surface area contributed by atoms with E-state index in [1.165, 1.54) is 0 Å². The largest absolute Gasteiger partial charge is 0.480 e. The van der Waals surface area contributed by atoms with E-state index in [2.05, 4.69) is 5.32 Å². The van der Waals surface area contributed by atoms with Crippen molar-refractivity contribution < 1.29 is 19.4 Å². The van der Waals surface area contributed by atoms with Gasteiger partial charge in [0.25, 0.3) is 0 Å². The van der Waals surface area contributed by atoms with Crippen molar-refractivity contribution >= 4 is 11.9 Å². The van der Waals surface area contributed by atoms with Crippen LogP contribution in [-0.4, -0.2) is 60.3 Å². The van der Waals surface area contributed by atoms with Gasteiger partial charge in [0, 0.05) is 26.8 Å². The lowest BCUT2D eigenvalue weighted by molar-refractivity contribution is -0.151. The molecular formula is C13H24N2O4. The van der Waals surface area contributed by atoms with Crippen LogP contribution in [0.1, 0.15) is 33.1 Å². The van der Waals surface area contributed by atoms with Crippen LogP contribution >= 0.6 is 0 Å². The minimum Gasteiger partial charge on any atom is -0.480 e. The maximum Gasteiger partial charge on any atom is 0.323 e. The average molecular weight is 272 g/mol. The number of methoxy groups -OCH3 is 1. The van der Waals surface area contributed by atoms with Crippen LogP contribution in [-0.2, 0) is 14.3 Å². The molecule has 1 aliphatic heterocycles. The third kappa shape index (κ3) is 3.67. The maximum atomic E-state index is 12.0. The number of aliphatic carboxylic acids is 1. The Morgan fingerprint density at radius 2 is 2.21 bits per heavy atom. The van der Waals surface area contributed by atoms with Gasteiger partial charge in [0.1, 0.15) is 5.54 Å². The topological polar surface area (TPSA) is 78.9 Å². The van der Waals surface area contributed by atoms with Gasteiger partial charge < -0.3 is 15.2 Å². The predicted octanol–water partition coefficient (Wildman–Crippen LogP) is 0.467. The Morgan fingerprint density at radius 3 is 2.79 bits per heavy atom. The Balaban J connectivity index is 2.54. The second-order valence-electron chi connectivity index (χ2n) is 5.19. The van der Waals surface area contributed by atoms with Crippen molar-refractivity contribution in [2.45, 2.75) is 44.7 Å². The van der Waals surface area contributed by atoms with Gasteiger partial charge in [-0.2, -0.15) is 0 Å². The zero-order valence-corrected chi connectivity index (χ0v) is 11.9. The molecular weight excluding hydrogens is 248 g/mol. The SMILES string of the molecule is COCCCNC(=O)C(C)N1CCCC1(C)C(=O)O. The summed E-state index contributed by atoms with van der Waals surface area (Å²) in [5, 5.41) is 12.1. The fourth-order valence-corrected chi connectivity index (χ4v) is 2.55. The summed E-state index contributed by atoms with van der Waals surface area (Å²) < 4.78 is 4.91. The lowest BCUT2D eigenvalue weighted by atomic mass is 9.98. The molecule has 19 heavy (non-hydrogen) atoms. The average Bonchev–Trinajstić information content (AvgIpc) is 2.77. The van der Waals surface area contributed by atoms with Gasteiger partial charge in [-0.15, -0.1) is 0 Å². The number of ether oxygens (including phenoxy) is 1. The van der Waals surface area contributed by atoms with E-state index in [9.17, 15) is 14.7 Å². The maximum absolute atomic E-state index is 12.0. The van der Waals surface area contributed by atoms with E-state index in [1.807, 2.05) is 0 Å². The Morgan fingerprint density at radius 1 is 1.53 bits per heavy atom. The molecule has 0 aromatic heterocycles. The molecule has 0 aromatic rings. The summed E-state index contributed by atoms with van der Waals surface area (Å²) >= 11 is 0. The number of rotatable bonds is 7. The summed E-state index contributed by atoms with van der Waals surface area (Å²) in [5.74, 6) is -0.977. The van der Waals surface area contributed by atoms with Crippen LogP contribution in [0.25, 0.3) is 0 Å². The second-order valence-corrected chi connectivity index (χ2v) is 5.19. The molecule has 1 aliphatic rings. The number of likely N-dealkylation sites (tertiary alicyclic amines) is 1. The molecule has 110 valence electrons. The van der Waals surface area contributed by atoms with Crippen molar-refractivity contribution in [1.82, 2.24) is 10.2 Å². The minimum absolute atomic E-state index is 0.120. The second kappa shape index (κ2) is 6.86. The summed E-state index contributed by atoms with van der Waals surface area (Å²) in [7, 11) is 1.62. The summed E-state index contributed by atoms with van der Waals surface area (Å²) in [6, 6.07) is -0.425. The van der Waals surface area contributed by atoms with E-state index in [0.717, 1.165) is 12.8 Å². The lowest BCUT2D eigenvalue weighted by Gasteiger charge is -2.35. The van der Waals surface area contributed by atoms with Crippen molar-refractivity contribution in [3.05, 3.63) is 0 Å². The Kier molecular flexibility index (Phi) is 5.75. The van der Waals surface area contributed by atoms with Crippen molar-refractivity contribution in [3.63, 3.8) is 0 Å². The number of carboxylic acids is 1. The highest BCUT2D eigenvalue weighted by molar-refractivity contribution is 5.84. The van der Waals surface area contributed by atoms with Crippen LogP contribution in [0, 0.1) is 0 Å². The summed E-state index contributed by atoms with van der Waals surface area (Å²) in [6.45, 7) is 5.25. The first-order chi connectivity index (χ1) is 8.93. The first-order valence-electron chi connectivity index (χ1n) is 6.70. The van der Waals surface area contributed by atoms with Crippen LogP contribution in [0.15, 0.2) is 0 Å². The number of carboxylic acid groups (broad SMARTS) is 1. The molecule has 1 fully saturated rings. The highest BCUT2D eigenvalue weighted by atomic mass is 16.5. The van der Waals surface area contributed by atoms with Crippen LogP contribution < -0.4 is 5.32 Å². The fraction of sp³-hybridized carbons (Fsp3) is 0.846. The molecule has 6 heteroatoms. The third-order valence-electron chi connectivity index (χ3n) is 3.83. The molecule has 1 heterocycles. The van der Waals surface area contributed by atoms with Crippen molar-refractivity contribution in [3.8, 4) is 0 Å². The van der Waals surface area contributed by atoms with E-state index in [4.69, 9.17) is 4.74 Å². The van der Waals surface area contributed by atoms with Crippen molar-refractivity contribution in [2.75, 3.05) is 26.8 Å². The van der Waals surface area contributed by atoms with Crippen LogP contribution in [0.2, 0.25) is 0 Å². The number of carbonyl (C=O) groups excluding carboxylic acids is 1. The van der Waals surface area contributed by atoms with E-state index in [-0.39, 0.29) is 5.91 Å². The molecule has 2 N–H and O–H groups in total. The van der Waals surface area contributed by atoms with Crippen LogP contribution in [0.3, 0.4) is 0 Å². The van der Waals surface area contributed by atoms with Gasteiger partial charge in [-0.3, -0.25) is 14.5 Å². The zero-order valence-electron chi connectivity index (χ0n) is 11.9. The molecule has 1 rings (SSSR count). The van der Waals surface area contributed by atoms with Crippen molar-refractivity contribution in [1.29, 1.82) is 0 Å². The standard InChI is InChI=1S/C13H24N2O4/c1-10(11(16)14-7-5-9-19-3)15-8-4-6-13(15,2)12(17)18/h10H,4-9H2,1-3H3,(H,14,16)(H,17,18). The lowest BCUT2D eigenvalue weighted by Crippen LogP contribution is -2.56. The van der Waals surface area contributed by atoms with E-state index >= 15 is 0 Å². The number of hydrogen-bond acceptors (Lipinski definition) is 4. The molecule has 0 saturated carbocycles. The number of amides is 1. The van der Waals surface area contributed by atoms with Crippen LogP contribution in [0.5, 0.6) is 0 Å². The smallest absolute Gasteiger partial charge is 0.323 e. The third-order valence-corrected chi connectivity index (χ3v) is 3.83. The Bertz CT molecular complexity index is 335. The monoisotopic (exact) mass is 272 g/mol. The van der Waals surface area contributed by atoms with Gasteiger partial charge in [0.05, 0.1) is 6.04 Å². The minimum atomic E-state index is -0.927. The number of hydrogen-bond donors (Lipinski definition) is 2. The van der Waals surface area contributed by atoms with Gasteiger partial charge >= 0.3 is 5.97 Å². The van der Waals surface area contributed by atoms with Gasteiger partial charge in [0.2, 0.25) is 5.91 Å². The van der Waals surface area contributed by atoms with Crippen molar-refractivity contribution in [2.24, 2.45) is 0 Å². The normalized spacial score (nSPS) is 25.2. The van der Waals surface area contributed by atoms with Gasteiger partial charge in [-0.05, 0) is 33.1 Å². The van der Waals surface area contributed by atoms with Gasteiger partial charge in [-0.1, -0.05) is 0 Å². The molecule has 6 nitrogen and oxygen atoms in total. The van der Waals surface area contributed by atoms with E-state index < -0.39 is 17.6 Å². The van der Waals surface area contributed by atoms with Gasteiger partial charge in [0.15, 0.2) is 0 Å². The van der Waals surface area contributed by atoms with E-state index in [0.29, 0.717) is 26.1 Å². The first-order valence-corrected chi connectivity index (χ1v) is 6.70. The molecule has 0 aliphatic carbocycles. The van der Waals surface area contributed by atoms with Crippen LogP contribution in [0.4, 0.5) is 0 Å². The molecule has 0 bridgehead atoms. The zero-order chi connectivity index (χ0) is 14.5. The highest BCUT2D eigenvalue weighted by Crippen LogP contribution is 2.31. The Labute approximate surface area is 114 Å².